The van der Waals surface area contributed by atoms with Gasteiger partial charge in [-0.1, -0.05) is 26.7 Å². The molecule has 0 radical (unpaired) electrons. The van der Waals surface area contributed by atoms with Crippen molar-refractivity contribution in [2.45, 2.75) is 33.1 Å². The van der Waals surface area contributed by atoms with Gasteiger partial charge in [0.15, 0.2) is 0 Å². The molecule has 0 spiro atoms. The largest absolute Gasteiger partial charge is 0.507 e. The fourth-order valence-electron chi connectivity index (χ4n) is 1.04. The second kappa shape index (κ2) is 6.95. The Hall–Kier alpha value is -0.730. The number of ether oxygens (including phenoxy) is 2. The van der Waals surface area contributed by atoms with E-state index in [0.29, 0.717) is 12.5 Å². The quantitative estimate of drug-likeness (QED) is 0.601. The highest BCUT2D eigenvalue weighted by atomic mass is 16.7. The highest BCUT2D eigenvalue weighted by Gasteiger charge is 2.03. The van der Waals surface area contributed by atoms with Gasteiger partial charge in [-0.05, 0) is 12.3 Å². The molecule has 0 rings (SSSR count). The number of methoxy groups -OCH3 is 1. The lowest BCUT2D eigenvalue weighted by Gasteiger charge is -2.08. The lowest BCUT2D eigenvalue weighted by molar-refractivity contribution is 0.0685. The summed E-state index contributed by atoms with van der Waals surface area (Å²) in [5, 5.41) is 0. The molecule has 0 saturated heterocycles. The third kappa shape index (κ3) is 6.01. The molecule has 1 atom stereocenters. The van der Waals surface area contributed by atoms with Crippen LogP contribution in [0, 0.1) is 5.92 Å². The van der Waals surface area contributed by atoms with Crippen LogP contribution in [0.2, 0.25) is 0 Å². The van der Waals surface area contributed by atoms with Crippen LogP contribution in [-0.2, 0) is 9.47 Å². The Bertz CT molecular complexity index is 123. The average molecular weight is 174 g/mol. The first-order valence-electron chi connectivity index (χ1n) is 4.41. The van der Waals surface area contributed by atoms with Crippen molar-refractivity contribution in [1.82, 2.24) is 0 Å². The van der Waals surface area contributed by atoms with Crippen LogP contribution in [0.25, 0.3) is 0 Å². The zero-order chi connectivity index (χ0) is 9.40. The van der Waals surface area contributed by atoms with E-state index in [-0.39, 0.29) is 0 Å². The summed E-state index contributed by atoms with van der Waals surface area (Å²) >= 11 is 0. The van der Waals surface area contributed by atoms with Gasteiger partial charge in [0.05, 0.1) is 13.7 Å². The van der Waals surface area contributed by atoms with Crippen molar-refractivity contribution in [2.24, 2.45) is 5.92 Å². The van der Waals surface area contributed by atoms with E-state index in [4.69, 9.17) is 4.74 Å². The zero-order valence-corrected chi connectivity index (χ0v) is 8.13. The Morgan fingerprint density at radius 3 is 2.58 bits per heavy atom. The van der Waals surface area contributed by atoms with Crippen LogP contribution >= 0.6 is 0 Å². The highest BCUT2D eigenvalue weighted by Crippen LogP contribution is 2.09. The first-order chi connectivity index (χ1) is 5.70. The Balaban J connectivity index is 3.24. The van der Waals surface area contributed by atoms with Crippen molar-refractivity contribution in [2.75, 3.05) is 13.7 Å². The van der Waals surface area contributed by atoms with Gasteiger partial charge in [-0.3, -0.25) is 0 Å². The van der Waals surface area contributed by atoms with Crippen LogP contribution in [0.5, 0.6) is 0 Å². The molecule has 0 heterocycles. The Kier molecular flexibility index (Phi) is 6.53. The number of rotatable bonds is 5. The van der Waals surface area contributed by atoms with E-state index in [1.54, 1.807) is 0 Å². The fourth-order valence-corrected chi connectivity index (χ4v) is 1.04. The predicted molar refractivity (Wildman–Crippen MR) is 47.0 cm³/mol. The number of carbonyl (C=O) groups excluding carboxylic acids is 1. The van der Waals surface area contributed by atoms with Crippen molar-refractivity contribution < 1.29 is 14.3 Å². The molecular weight excluding hydrogens is 156 g/mol. The summed E-state index contributed by atoms with van der Waals surface area (Å²) < 4.78 is 9.08. The van der Waals surface area contributed by atoms with Crippen LogP contribution in [0.1, 0.15) is 33.1 Å². The molecule has 3 nitrogen and oxygen atoms in total. The van der Waals surface area contributed by atoms with Crippen LogP contribution in [0.3, 0.4) is 0 Å². The monoisotopic (exact) mass is 174 g/mol. The van der Waals surface area contributed by atoms with Gasteiger partial charge in [-0.25, -0.2) is 4.79 Å². The Morgan fingerprint density at radius 1 is 1.42 bits per heavy atom. The fraction of sp³-hybridized carbons (Fsp3) is 0.889. The van der Waals surface area contributed by atoms with E-state index >= 15 is 0 Å². The summed E-state index contributed by atoms with van der Waals surface area (Å²) in [6.45, 7) is 4.77. The molecule has 0 aliphatic heterocycles. The Morgan fingerprint density at radius 2 is 2.08 bits per heavy atom. The molecule has 0 fully saturated rings. The van der Waals surface area contributed by atoms with Crippen LogP contribution in [-0.4, -0.2) is 19.9 Å². The number of hydrogen-bond donors (Lipinski definition) is 0. The van der Waals surface area contributed by atoms with Crippen molar-refractivity contribution in [1.29, 1.82) is 0 Å². The van der Waals surface area contributed by atoms with Crippen LogP contribution < -0.4 is 0 Å². The second-order valence-corrected chi connectivity index (χ2v) is 2.99. The lowest BCUT2D eigenvalue weighted by Crippen LogP contribution is -2.08. The molecule has 0 aromatic carbocycles. The molecule has 0 saturated carbocycles. The summed E-state index contributed by atoms with van der Waals surface area (Å²) in [4.78, 5) is 10.5. The third-order valence-corrected chi connectivity index (χ3v) is 1.78. The zero-order valence-electron chi connectivity index (χ0n) is 8.13. The smallest absolute Gasteiger partial charge is 0.438 e. The van der Waals surface area contributed by atoms with E-state index in [9.17, 15) is 4.79 Å². The van der Waals surface area contributed by atoms with Crippen LogP contribution in [0.15, 0.2) is 0 Å². The van der Waals surface area contributed by atoms with Crippen LogP contribution in [0.4, 0.5) is 4.79 Å². The first kappa shape index (κ1) is 11.3. The molecule has 0 bridgehead atoms. The molecule has 0 aliphatic carbocycles. The second-order valence-electron chi connectivity index (χ2n) is 2.99. The minimum Gasteiger partial charge on any atom is -0.438 e. The normalized spacial score (nSPS) is 12.2. The molecule has 72 valence electrons. The van der Waals surface area contributed by atoms with E-state index in [1.807, 2.05) is 0 Å². The van der Waals surface area contributed by atoms with Gasteiger partial charge >= 0.3 is 6.16 Å². The maximum absolute atomic E-state index is 10.5. The molecular formula is C9H18O3. The van der Waals surface area contributed by atoms with E-state index in [0.717, 1.165) is 6.42 Å². The third-order valence-electron chi connectivity index (χ3n) is 1.78. The SMILES string of the molecule is CCCC(C)CCOC(=O)OC. The number of hydrogen-bond acceptors (Lipinski definition) is 3. The van der Waals surface area contributed by atoms with E-state index < -0.39 is 6.16 Å². The average Bonchev–Trinajstić information content (AvgIpc) is 2.04. The number of carbonyl (C=O) groups is 1. The Labute approximate surface area is 74.0 Å². The minimum absolute atomic E-state index is 0.466. The summed E-state index contributed by atoms with van der Waals surface area (Å²) in [6.07, 6.45) is 2.70. The topological polar surface area (TPSA) is 35.5 Å². The van der Waals surface area contributed by atoms with Gasteiger partial charge in [-0.15, -0.1) is 0 Å². The minimum atomic E-state index is -0.585. The summed E-state index contributed by atoms with van der Waals surface area (Å²) in [5.74, 6) is 0.625. The van der Waals surface area contributed by atoms with Gasteiger partial charge < -0.3 is 9.47 Å². The van der Waals surface area contributed by atoms with E-state index in [1.165, 1.54) is 20.0 Å². The van der Waals surface area contributed by atoms with E-state index in [2.05, 4.69) is 18.6 Å². The van der Waals surface area contributed by atoms with Gasteiger partial charge in [0.1, 0.15) is 0 Å². The summed E-state index contributed by atoms with van der Waals surface area (Å²) in [6, 6.07) is 0. The van der Waals surface area contributed by atoms with Crippen molar-refractivity contribution in [3.8, 4) is 0 Å². The molecule has 0 aliphatic rings. The molecule has 0 aromatic rings. The van der Waals surface area contributed by atoms with Crippen molar-refractivity contribution in [3.63, 3.8) is 0 Å². The van der Waals surface area contributed by atoms with Gasteiger partial charge in [0, 0.05) is 0 Å². The van der Waals surface area contributed by atoms with Gasteiger partial charge in [0.2, 0.25) is 0 Å². The van der Waals surface area contributed by atoms with Gasteiger partial charge in [0.25, 0.3) is 0 Å². The highest BCUT2D eigenvalue weighted by molar-refractivity contribution is 5.59. The first-order valence-corrected chi connectivity index (χ1v) is 4.41. The molecule has 0 aromatic heterocycles. The molecule has 12 heavy (non-hydrogen) atoms. The van der Waals surface area contributed by atoms with Gasteiger partial charge in [-0.2, -0.15) is 0 Å². The summed E-state index contributed by atoms with van der Waals surface area (Å²) in [7, 11) is 1.32. The van der Waals surface area contributed by atoms with Crippen molar-refractivity contribution in [3.05, 3.63) is 0 Å². The molecule has 0 N–H and O–H groups in total. The lowest BCUT2D eigenvalue weighted by atomic mass is 10.0. The molecule has 3 heteroatoms. The standard InChI is InChI=1S/C9H18O3/c1-4-5-8(2)6-7-12-9(10)11-3/h8H,4-7H2,1-3H3. The van der Waals surface area contributed by atoms with Crippen molar-refractivity contribution >= 4 is 6.16 Å². The maximum Gasteiger partial charge on any atom is 0.507 e. The summed E-state index contributed by atoms with van der Waals surface area (Å²) in [5.41, 5.74) is 0. The molecule has 0 amide bonds. The molecule has 1 unspecified atom stereocenters. The predicted octanol–water partition coefficient (Wildman–Crippen LogP) is 2.60. The maximum atomic E-state index is 10.5.